The van der Waals surface area contributed by atoms with Crippen molar-refractivity contribution in [2.24, 2.45) is 0 Å². The first-order chi connectivity index (χ1) is 23.8. The quantitative estimate of drug-likeness (QED) is 0.198. The topological polar surface area (TPSA) is 35.6 Å². The molecular formula is C44H28N4. The van der Waals surface area contributed by atoms with Crippen molar-refractivity contribution in [3.63, 3.8) is 0 Å². The first kappa shape index (κ1) is 26.7. The molecule has 48 heavy (non-hydrogen) atoms. The molecule has 0 N–H and O–H groups in total. The third-order valence-corrected chi connectivity index (χ3v) is 9.54. The number of para-hydroxylation sites is 4. The van der Waals surface area contributed by atoms with Gasteiger partial charge < -0.3 is 4.57 Å². The van der Waals surface area contributed by atoms with Gasteiger partial charge in [0.1, 0.15) is 0 Å². The number of hydrogen-bond acceptors (Lipinski definition) is 2. The van der Waals surface area contributed by atoms with E-state index in [1.54, 1.807) is 0 Å². The van der Waals surface area contributed by atoms with Gasteiger partial charge in [0.25, 0.3) is 0 Å². The molecule has 0 spiro atoms. The van der Waals surface area contributed by atoms with Crippen LogP contribution >= 0.6 is 0 Å². The second-order valence-corrected chi connectivity index (χ2v) is 12.3. The smallest absolute Gasteiger partial charge is 0.235 e. The number of fused-ring (bicyclic) bond motifs is 7. The van der Waals surface area contributed by atoms with Crippen LogP contribution < -0.4 is 0 Å². The zero-order valence-corrected chi connectivity index (χ0v) is 26.0. The Morgan fingerprint density at radius 3 is 1.52 bits per heavy atom. The normalized spacial score (nSPS) is 11.8. The summed E-state index contributed by atoms with van der Waals surface area (Å²) in [6.07, 6.45) is 0. The minimum Gasteiger partial charge on any atom is -0.309 e. The summed E-state index contributed by atoms with van der Waals surface area (Å²) in [6.45, 7) is 0. The highest BCUT2D eigenvalue weighted by atomic mass is 15.2. The summed E-state index contributed by atoms with van der Waals surface area (Å²) in [4.78, 5) is 10.6. The monoisotopic (exact) mass is 612 g/mol. The molecule has 0 unspecified atom stereocenters. The van der Waals surface area contributed by atoms with E-state index in [-0.39, 0.29) is 0 Å². The molecule has 4 nitrogen and oxygen atoms in total. The molecule has 0 atom stereocenters. The van der Waals surface area contributed by atoms with Crippen molar-refractivity contribution in [1.29, 1.82) is 0 Å². The van der Waals surface area contributed by atoms with Crippen LogP contribution in [0.15, 0.2) is 170 Å². The number of aromatic nitrogens is 4. The molecule has 3 heterocycles. The first-order valence-corrected chi connectivity index (χ1v) is 16.3. The fraction of sp³-hybridized carbons (Fsp3) is 0. The van der Waals surface area contributed by atoms with Gasteiger partial charge in [0, 0.05) is 38.2 Å². The van der Waals surface area contributed by atoms with Gasteiger partial charge in [-0.05, 0) is 53.6 Å². The fourth-order valence-electron chi connectivity index (χ4n) is 7.34. The molecule has 0 radical (unpaired) electrons. The third-order valence-electron chi connectivity index (χ3n) is 9.54. The molecule has 0 aliphatic heterocycles. The van der Waals surface area contributed by atoms with Crippen molar-refractivity contribution >= 4 is 54.5 Å². The average molecular weight is 613 g/mol. The van der Waals surface area contributed by atoms with Crippen LogP contribution in [-0.4, -0.2) is 19.1 Å². The summed E-state index contributed by atoms with van der Waals surface area (Å²) in [7, 11) is 0. The van der Waals surface area contributed by atoms with Gasteiger partial charge in [0.05, 0.1) is 33.3 Å². The highest BCUT2D eigenvalue weighted by Gasteiger charge is 2.20. The van der Waals surface area contributed by atoms with Crippen molar-refractivity contribution < 1.29 is 0 Å². The van der Waals surface area contributed by atoms with Gasteiger partial charge in [-0.2, -0.15) is 0 Å². The van der Waals surface area contributed by atoms with Gasteiger partial charge in [-0.15, -0.1) is 0 Å². The minimum absolute atomic E-state index is 0.660. The van der Waals surface area contributed by atoms with Gasteiger partial charge in [-0.25, -0.2) is 9.97 Å². The van der Waals surface area contributed by atoms with Crippen molar-refractivity contribution in [3.8, 4) is 34.0 Å². The van der Waals surface area contributed by atoms with Crippen molar-refractivity contribution in [2.75, 3.05) is 0 Å². The van der Waals surface area contributed by atoms with Crippen LogP contribution in [0, 0.1) is 0 Å². The first-order valence-electron chi connectivity index (χ1n) is 16.3. The van der Waals surface area contributed by atoms with Gasteiger partial charge in [0.15, 0.2) is 0 Å². The number of benzene rings is 7. The number of rotatable bonds is 4. The molecule has 224 valence electrons. The van der Waals surface area contributed by atoms with Crippen LogP contribution in [0.2, 0.25) is 0 Å². The molecular weight excluding hydrogens is 585 g/mol. The summed E-state index contributed by atoms with van der Waals surface area (Å²) in [6, 6.07) is 60.1. The Morgan fingerprint density at radius 1 is 0.333 bits per heavy atom. The molecule has 4 heteroatoms. The lowest BCUT2D eigenvalue weighted by atomic mass is 10.0. The van der Waals surface area contributed by atoms with E-state index in [0.717, 1.165) is 38.9 Å². The third kappa shape index (κ3) is 4.03. The van der Waals surface area contributed by atoms with Crippen LogP contribution in [0.5, 0.6) is 0 Å². The van der Waals surface area contributed by atoms with E-state index in [4.69, 9.17) is 9.97 Å². The Kier molecular flexibility index (Phi) is 5.84. The standard InChI is InChI=1S/C44H28N4/c1-3-13-29(14-4-1)30-23-25-31(26-24-30)43-35-19-7-10-20-38(35)45-44(46-43)48-40-22-12-9-18-34(40)37-27-41-36(28-42(37)48)33-17-8-11-21-39(33)47(41)32-15-5-2-6-16-32/h1-28H. The molecule has 0 amide bonds. The molecule has 0 bridgehead atoms. The van der Waals surface area contributed by atoms with Gasteiger partial charge in [0.2, 0.25) is 5.95 Å². The predicted octanol–water partition coefficient (Wildman–Crippen LogP) is 11.2. The second kappa shape index (κ2) is 10.5. The van der Waals surface area contributed by atoms with Crippen LogP contribution in [0.3, 0.4) is 0 Å². The second-order valence-electron chi connectivity index (χ2n) is 12.3. The Bertz CT molecular complexity index is 2810. The molecule has 7 aromatic carbocycles. The van der Waals surface area contributed by atoms with E-state index in [9.17, 15) is 0 Å². The van der Waals surface area contributed by atoms with E-state index >= 15 is 0 Å². The van der Waals surface area contributed by atoms with Crippen LogP contribution in [0.4, 0.5) is 0 Å². The lowest BCUT2D eigenvalue weighted by molar-refractivity contribution is 1.01. The summed E-state index contributed by atoms with van der Waals surface area (Å²) >= 11 is 0. The van der Waals surface area contributed by atoms with E-state index in [2.05, 4.69) is 173 Å². The van der Waals surface area contributed by atoms with Gasteiger partial charge in [-0.3, -0.25) is 4.57 Å². The Balaban J connectivity index is 1.25. The van der Waals surface area contributed by atoms with Crippen LogP contribution in [-0.2, 0) is 0 Å². The maximum atomic E-state index is 5.36. The number of nitrogens with zero attached hydrogens (tertiary/aromatic N) is 4. The maximum absolute atomic E-state index is 5.36. The van der Waals surface area contributed by atoms with E-state index < -0.39 is 0 Å². The van der Waals surface area contributed by atoms with Crippen LogP contribution in [0.25, 0.3) is 88.5 Å². The van der Waals surface area contributed by atoms with Gasteiger partial charge >= 0.3 is 0 Å². The van der Waals surface area contributed by atoms with Crippen molar-refractivity contribution in [1.82, 2.24) is 19.1 Å². The summed E-state index contributed by atoms with van der Waals surface area (Å²) < 4.78 is 4.62. The highest BCUT2D eigenvalue weighted by molar-refractivity contribution is 6.19. The SMILES string of the molecule is c1ccc(-c2ccc(-c3nc(-n4c5ccccc5c5cc6c(cc54)c4ccccc4n6-c4ccccc4)nc4ccccc34)cc2)cc1. The number of hydrogen-bond donors (Lipinski definition) is 0. The molecule has 3 aromatic heterocycles. The van der Waals surface area contributed by atoms with Gasteiger partial charge in [-0.1, -0.05) is 127 Å². The van der Waals surface area contributed by atoms with Crippen molar-refractivity contribution in [2.45, 2.75) is 0 Å². The van der Waals surface area contributed by atoms with Crippen LogP contribution in [0.1, 0.15) is 0 Å². The summed E-state index contributed by atoms with van der Waals surface area (Å²) in [5.41, 5.74) is 10.9. The summed E-state index contributed by atoms with van der Waals surface area (Å²) in [5, 5.41) is 5.79. The molecule has 0 fully saturated rings. The van der Waals surface area contributed by atoms with E-state index in [0.29, 0.717) is 5.95 Å². The minimum atomic E-state index is 0.660. The zero-order valence-electron chi connectivity index (χ0n) is 26.0. The lowest BCUT2D eigenvalue weighted by Crippen LogP contribution is -2.03. The van der Waals surface area contributed by atoms with E-state index in [1.165, 1.54) is 43.7 Å². The molecule has 0 aliphatic carbocycles. The molecule has 0 saturated heterocycles. The maximum Gasteiger partial charge on any atom is 0.235 e. The lowest BCUT2D eigenvalue weighted by Gasteiger charge is -2.12. The van der Waals surface area contributed by atoms with Crippen molar-refractivity contribution in [3.05, 3.63) is 170 Å². The molecule has 0 aliphatic rings. The van der Waals surface area contributed by atoms with E-state index in [1.807, 2.05) is 6.07 Å². The Labute approximate surface area is 276 Å². The predicted molar refractivity (Wildman–Crippen MR) is 199 cm³/mol. The average Bonchev–Trinajstić information content (AvgIpc) is 3.66. The Hall–Kier alpha value is -6.52. The molecule has 10 aromatic rings. The Morgan fingerprint density at radius 2 is 0.833 bits per heavy atom. The fourth-order valence-corrected chi connectivity index (χ4v) is 7.34. The summed E-state index contributed by atoms with van der Waals surface area (Å²) in [5.74, 6) is 0.660. The largest absolute Gasteiger partial charge is 0.309 e. The molecule has 10 rings (SSSR count). The molecule has 0 saturated carbocycles. The highest BCUT2D eigenvalue weighted by Crippen LogP contribution is 2.40. The zero-order chi connectivity index (χ0) is 31.6.